The lowest BCUT2D eigenvalue weighted by Crippen LogP contribution is -2.21. The predicted octanol–water partition coefficient (Wildman–Crippen LogP) is 1.91. The topological polar surface area (TPSA) is 72.2 Å². The second-order valence-corrected chi connectivity index (χ2v) is 7.10. The highest BCUT2D eigenvalue weighted by Crippen LogP contribution is 2.29. The van der Waals surface area contributed by atoms with Crippen LogP contribution in [0.2, 0.25) is 0 Å². The van der Waals surface area contributed by atoms with E-state index in [9.17, 15) is 26.7 Å². The number of aliphatic hydroxyl groups is 1. The summed E-state index contributed by atoms with van der Waals surface area (Å²) in [6.45, 7) is -0.0244. The summed E-state index contributed by atoms with van der Waals surface area (Å²) in [5.41, 5.74) is -0.240. The van der Waals surface area contributed by atoms with E-state index < -0.39 is 27.7 Å². The summed E-state index contributed by atoms with van der Waals surface area (Å²) >= 11 is 0. The van der Waals surface area contributed by atoms with E-state index in [1.807, 2.05) is 0 Å². The minimum atomic E-state index is -4.40. The van der Waals surface area contributed by atoms with E-state index in [-0.39, 0.29) is 18.1 Å². The lowest BCUT2D eigenvalue weighted by molar-refractivity contribution is -0.137. The molecule has 23 heavy (non-hydrogen) atoms. The quantitative estimate of drug-likeness (QED) is 0.896. The van der Waals surface area contributed by atoms with Gasteiger partial charge in [-0.15, -0.1) is 0 Å². The largest absolute Gasteiger partial charge is 0.416 e. The number of rotatable bonds is 5. The molecule has 0 radical (unpaired) electrons. The zero-order chi connectivity index (χ0) is 17.3. The van der Waals surface area contributed by atoms with Crippen molar-refractivity contribution in [1.82, 2.24) is 9.55 Å². The molecular weight excluding hydrogens is 333 g/mol. The zero-order valence-corrected chi connectivity index (χ0v) is 13.0. The van der Waals surface area contributed by atoms with Crippen LogP contribution in [0, 0.1) is 0 Å². The summed E-state index contributed by atoms with van der Waals surface area (Å²) in [7, 11) is -3.51. The van der Waals surface area contributed by atoms with Gasteiger partial charge >= 0.3 is 6.18 Å². The minimum absolute atomic E-state index is 0.0244. The van der Waals surface area contributed by atoms with E-state index in [0.717, 1.165) is 18.4 Å². The van der Waals surface area contributed by atoms with Crippen molar-refractivity contribution in [2.45, 2.75) is 30.4 Å². The molecule has 0 unspecified atom stereocenters. The molecule has 1 aromatic heterocycles. The Kier molecular flexibility index (Phi) is 4.81. The first-order valence-corrected chi connectivity index (χ1v) is 8.52. The number of hydrogen-bond donors (Lipinski definition) is 1. The molecule has 0 saturated heterocycles. The second-order valence-electron chi connectivity index (χ2n) is 5.19. The fourth-order valence-corrected chi connectivity index (χ4v) is 2.97. The van der Waals surface area contributed by atoms with Gasteiger partial charge in [-0.3, -0.25) is 0 Å². The lowest BCUT2D eigenvalue weighted by atomic mass is 10.1. The molecule has 1 atom stereocenters. The standard InChI is InChI=1S/C14H15F3N2O3S/c1-23(21,22)13-18-6-7-19(13)9-12(20)8-10-2-4-11(5-3-10)14(15,16)17/h2-7,12,20H,8-9H2,1H3/t12-/m0/s1. The Morgan fingerprint density at radius 2 is 1.87 bits per heavy atom. The molecule has 1 aromatic carbocycles. The molecule has 0 spiro atoms. The van der Waals surface area contributed by atoms with E-state index in [1.54, 1.807) is 0 Å². The third-order valence-electron chi connectivity index (χ3n) is 3.17. The molecule has 0 saturated carbocycles. The summed E-state index contributed by atoms with van der Waals surface area (Å²) in [5.74, 6) is 0. The molecule has 2 aromatic rings. The fourth-order valence-electron chi connectivity index (χ4n) is 2.16. The summed E-state index contributed by atoms with van der Waals surface area (Å²) in [5, 5.41) is 9.87. The lowest BCUT2D eigenvalue weighted by Gasteiger charge is -2.14. The van der Waals surface area contributed by atoms with Crippen molar-refractivity contribution in [2.75, 3.05) is 6.26 Å². The number of hydrogen-bond acceptors (Lipinski definition) is 4. The number of halogens is 3. The van der Waals surface area contributed by atoms with Gasteiger partial charge in [-0.1, -0.05) is 12.1 Å². The Hall–Kier alpha value is -1.87. The zero-order valence-electron chi connectivity index (χ0n) is 12.2. The molecule has 0 fully saturated rings. The van der Waals surface area contributed by atoms with E-state index in [4.69, 9.17) is 0 Å². The number of aromatic nitrogens is 2. The molecular formula is C14H15F3N2O3S. The van der Waals surface area contributed by atoms with E-state index in [0.29, 0.717) is 5.56 Å². The summed E-state index contributed by atoms with van der Waals surface area (Å²) in [6.07, 6.45) is -1.53. The van der Waals surface area contributed by atoms with Gasteiger partial charge in [0.2, 0.25) is 15.0 Å². The van der Waals surface area contributed by atoms with E-state index >= 15 is 0 Å². The Labute approximate surface area is 131 Å². The van der Waals surface area contributed by atoms with Crippen LogP contribution in [-0.2, 0) is 29.0 Å². The molecule has 5 nitrogen and oxygen atoms in total. The first kappa shape index (κ1) is 17.5. The Morgan fingerprint density at radius 3 is 2.39 bits per heavy atom. The van der Waals surface area contributed by atoms with Crippen LogP contribution in [-0.4, -0.2) is 35.4 Å². The van der Waals surface area contributed by atoms with Crippen LogP contribution < -0.4 is 0 Å². The monoisotopic (exact) mass is 348 g/mol. The van der Waals surface area contributed by atoms with Crippen molar-refractivity contribution in [3.63, 3.8) is 0 Å². The molecule has 1 N–H and O–H groups in total. The molecule has 0 bridgehead atoms. The molecule has 0 aliphatic rings. The molecule has 0 aliphatic carbocycles. The van der Waals surface area contributed by atoms with Crippen molar-refractivity contribution in [2.24, 2.45) is 0 Å². The third-order valence-corrected chi connectivity index (χ3v) is 4.17. The minimum Gasteiger partial charge on any atom is -0.391 e. The van der Waals surface area contributed by atoms with Gasteiger partial charge in [0, 0.05) is 25.1 Å². The molecule has 1 heterocycles. The Morgan fingerprint density at radius 1 is 1.26 bits per heavy atom. The van der Waals surface area contributed by atoms with Crippen LogP contribution in [0.3, 0.4) is 0 Å². The normalized spacial score (nSPS) is 14.0. The van der Waals surface area contributed by atoms with Gasteiger partial charge in [0.1, 0.15) is 0 Å². The van der Waals surface area contributed by atoms with Crippen molar-refractivity contribution in [3.05, 3.63) is 47.8 Å². The van der Waals surface area contributed by atoms with Gasteiger partial charge < -0.3 is 9.67 Å². The van der Waals surface area contributed by atoms with Crippen LogP contribution in [0.15, 0.2) is 41.8 Å². The average molecular weight is 348 g/mol. The first-order valence-electron chi connectivity index (χ1n) is 6.63. The van der Waals surface area contributed by atoms with Crippen molar-refractivity contribution in [1.29, 1.82) is 0 Å². The number of imidazole rings is 1. The molecule has 126 valence electrons. The predicted molar refractivity (Wildman–Crippen MR) is 76.5 cm³/mol. The van der Waals surface area contributed by atoms with E-state index in [2.05, 4.69) is 4.98 Å². The highest BCUT2D eigenvalue weighted by Gasteiger charge is 2.30. The summed E-state index contributed by atoms with van der Waals surface area (Å²) < 4.78 is 61.7. The molecule has 0 aliphatic heterocycles. The second kappa shape index (κ2) is 6.32. The number of nitrogens with zero attached hydrogens (tertiary/aromatic N) is 2. The smallest absolute Gasteiger partial charge is 0.391 e. The van der Waals surface area contributed by atoms with E-state index in [1.165, 1.54) is 29.1 Å². The van der Waals surface area contributed by atoms with Crippen molar-refractivity contribution in [3.8, 4) is 0 Å². The maximum atomic E-state index is 12.5. The Balaban J connectivity index is 2.06. The number of benzene rings is 1. The fraction of sp³-hybridized carbons (Fsp3) is 0.357. The highest BCUT2D eigenvalue weighted by molar-refractivity contribution is 7.90. The number of alkyl halides is 3. The molecule has 0 amide bonds. The van der Waals surface area contributed by atoms with Crippen LogP contribution >= 0.6 is 0 Å². The van der Waals surface area contributed by atoms with Gasteiger partial charge in [-0.25, -0.2) is 13.4 Å². The summed E-state index contributed by atoms with van der Waals surface area (Å²) in [6, 6.07) is 4.47. The van der Waals surface area contributed by atoms with Crippen molar-refractivity contribution >= 4 is 9.84 Å². The maximum Gasteiger partial charge on any atom is 0.416 e. The SMILES string of the molecule is CS(=O)(=O)c1nccn1C[C@@H](O)Cc1ccc(C(F)(F)F)cc1. The Bertz CT molecular complexity index is 767. The molecule has 9 heteroatoms. The van der Waals surface area contributed by atoms with Gasteiger partial charge in [0.05, 0.1) is 18.2 Å². The molecule has 2 rings (SSSR count). The van der Waals surface area contributed by atoms with Crippen LogP contribution in [0.4, 0.5) is 13.2 Å². The first-order chi connectivity index (χ1) is 10.6. The van der Waals surface area contributed by atoms with Crippen molar-refractivity contribution < 1.29 is 26.7 Å². The summed E-state index contributed by atoms with van der Waals surface area (Å²) in [4.78, 5) is 3.73. The van der Waals surface area contributed by atoms with Crippen LogP contribution in [0.25, 0.3) is 0 Å². The average Bonchev–Trinajstić information content (AvgIpc) is 2.86. The number of aliphatic hydroxyl groups excluding tert-OH is 1. The third kappa shape index (κ3) is 4.55. The van der Waals surface area contributed by atoms with Crippen LogP contribution in [0.1, 0.15) is 11.1 Å². The van der Waals surface area contributed by atoms with Gasteiger partial charge in [0.15, 0.2) is 0 Å². The van der Waals surface area contributed by atoms with Gasteiger partial charge in [-0.2, -0.15) is 13.2 Å². The number of sulfone groups is 1. The van der Waals surface area contributed by atoms with Crippen LogP contribution in [0.5, 0.6) is 0 Å². The highest BCUT2D eigenvalue weighted by atomic mass is 32.2. The maximum absolute atomic E-state index is 12.5. The van der Waals surface area contributed by atoms with Gasteiger partial charge in [-0.05, 0) is 17.7 Å². The van der Waals surface area contributed by atoms with Gasteiger partial charge in [0.25, 0.3) is 0 Å².